The molecule has 20 heavy (non-hydrogen) atoms. The number of nitrogens with two attached hydrogens (primary N) is 1. The van der Waals surface area contributed by atoms with E-state index in [2.05, 4.69) is 33.0 Å². The number of amides is 1. The van der Waals surface area contributed by atoms with Crippen molar-refractivity contribution in [1.29, 1.82) is 0 Å². The van der Waals surface area contributed by atoms with Crippen molar-refractivity contribution in [2.45, 2.75) is 72.6 Å². The molecule has 2 aliphatic rings. The zero-order chi connectivity index (χ0) is 15.6. The second kappa shape index (κ2) is 4.20. The third kappa shape index (κ3) is 1.77. The highest BCUT2D eigenvalue weighted by Gasteiger charge is 2.68. The second-order valence-electron chi connectivity index (χ2n) is 8.19. The summed E-state index contributed by atoms with van der Waals surface area (Å²) in [6.45, 7) is 15.5. The van der Waals surface area contributed by atoms with E-state index in [4.69, 9.17) is 10.5 Å². The van der Waals surface area contributed by atoms with Crippen LogP contribution in [0.25, 0.3) is 0 Å². The van der Waals surface area contributed by atoms with Crippen LogP contribution in [0, 0.1) is 16.2 Å². The predicted octanol–water partition coefficient (Wildman–Crippen LogP) is 2.07. The van der Waals surface area contributed by atoms with Crippen LogP contribution in [-0.4, -0.2) is 30.2 Å². The number of hydrogen-bond acceptors (Lipinski definition) is 3. The maximum atomic E-state index is 12.6. The largest absolute Gasteiger partial charge is 0.378 e. The van der Waals surface area contributed by atoms with E-state index < -0.39 is 5.54 Å². The zero-order valence-corrected chi connectivity index (χ0v) is 14.0. The Morgan fingerprint density at radius 3 is 2.00 bits per heavy atom. The van der Waals surface area contributed by atoms with E-state index in [0.717, 1.165) is 0 Å². The molecular weight excluding hydrogens is 252 g/mol. The van der Waals surface area contributed by atoms with Crippen LogP contribution in [0.2, 0.25) is 0 Å². The fourth-order valence-corrected chi connectivity index (χ4v) is 3.64. The van der Waals surface area contributed by atoms with E-state index in [1.807, 2.05) is 20.8 Å². The van der Waals surface area contributed by atoms with Crippen LogP contribution < -0.4 is 11.1 Å². The van der Waals surface area contributed by atoms with Gasteiger partial charge in [0.25, 0.3) is 0 Å². The average molecular weight is 282 g/mol. The van der Waals surface area contributed by atoms with Gasteiger partial charge in [-0.1, -0.05) is 41.5 Å². The summed E-state index contributed by atoms with van der Waals surface area (Å²) in [5.74, 6) is -0.0258. The van der Waals surface area contributed by atoms with Crippen molar-refractivity contribution < 1.29 is 9.53 Å². The van der Waals surface area contributed by atoms with Crippen molar-refractivity contribution in [3.05, 3.63) is 0 Å². The highest BCUT2D eigenvalue weighted by Crippen LogP contribution is 2.63. The van der Waals surface area contributed by atoms with Crippen molar-refractivity contribution >= 4 is 5.91 Å². The minimum absolute atomic E-state index is 0.0258. The third-order valence-electron chi connectivity index (χ3n) is 6.53. The highest BCUT2D eigenvalue weighted by molar-refractivity contribution is 5.89. The van der Waals surface area contributed by atoms with E-state index in [1.165, 1.54) is 0 Å². The molecule has 0 bridgehead atoms. The van der Waals surface area contributed by atoms with Gasteiger partial charge in [0.2, 0.25) is 5.91 Å². The molecule has 2 fully saturated rings. The first-order valence-corrected chi connectivity index (χ1v) is 7.64. The van der Waals surface area contributed by atoms with Gasteiger partial charge >= 0.3 is 0 Å². The van der Waals surface area contributed by atoms with E-state index in [0.29, 0.717) is 13.0 Å². The van der Waals surface area contributed by atoms with Gasteiger partial charge in [-0.2, -0.15) is 0 Å². The molecule has 0 aromatic heterocycles. The topological polar surface area (TPSA) is 64.3 Å². The molecule has 0 spiro atoms. The lowest BCUT2D eigenvalue weighted by atomic mass is 9.54. The zero-order valence-electron chi connectivity index (χ0n) is 14.0. The molecule has 0 aromatic carbocycles. The van der Waals surface area contributed by atoms with E-state index in [1.54, 1.807) is 0 Å². The molecule has 116 valence electrons. The molecule has 2 aliphatic carbocycles. The lowest BCUT2D eigenvalue weighted by Gasteiger charge is -2.57. The molecule has 0 radical (unpaired) electrons. The first-order valence-electron chi connectivity index (χ1n) is 7.64. The van der Waals surface area contributed by atoms with E-state index in [9.17, 15) is 4.79 Å². The normalized spacial score (nSPS) is 37.1. The van der Waals surface area contributed by atoms with Crippen LogP contribution in [0.4, 0.5) is 0 Å². The Bertz CT molecular complexity index is 414. The summed E-state index contributed by atoms with van der Waals surface area (Å²) in [7, 11) is 0. The van der Waals surface area contributed by atoms with Crippen LogP contribution in [0.1, 0.15) is 54.9 Å². The molecule has 1 amide bonds. The van der Waals surface area contributed by atoms with E-state index >= 15 is 0 Å². The SMILES string of the molecule is CCOC1CC(N)(C(=O)NC2C(C)(C)C2(C)C)C1(C)C. The molecule has 0 heterocycles. The Morgan fingerprint density at radius 2 is 1.65 bits per heavy atom. The number of nitrogens with one attached hydrogen (secondary N) is 1. The van der Waals surface area contributed by atoms with Crippen molar-refractivity contribution in [3.63, 3.8) is 0 Å². The van der Waals surface area contributed by atoms with Crippen LogP contribution in [-0.2, 0) is 9.53 Å². The van der Waals surface area contributed by atoms with E-state index in [-0.39, 0.29) is 34.3 Å². The maximum absolute atomic E-state index is 12.6. The quantitative estimate of drug-likeness (QED) is 0.829. The van der Waals surface area contributed by atoms with Gasteiger partial charge in [-0.25, -0.2) is 0 Å². The van der Waals surface area contributed by atoms with Gasteiger partial charge in [-0.3, -0.25) is 4.79 Å². The first-order chi connectivity index (χ1) is 8.93. The number of hydrogen-bond donors (Lipinski definition) is 2. The Hall–Kier alpha value is -0.610. The highest BCUT2D eigenvalue weighted by atomic mass is 16.5. The average Bonchev–Trinajstić information content (AvgIpc) is 2.71. The molecular formula is C16H30N2O2. The van der Waals surface area contributed by atoms with Crippen LogP contribution >= 0.6 is 0 Å². The van der Waals surface area contributed by atoms with Crippen LogP contribution in [0.5, 0.6) is 0 Å². The minimum atomic E-state index is -0.818. The van der Waals surface area contributed by atoms with Gasteiger partial charge in [0, 0.05) is 24.5 Å². The van der Waals surface area contributed by atoms with Gasteiger partial charge in [0.15, 0.2) is 0 Å². The van der Waals surface area contributed by atoms with Gasteiger partial charge in [-0.15, -0.1) is 0 Å². The van der Waals surface area contributed by atoms with Crippen molar-refractivity contribution in [1.82, 2.24) is 5.32 Å². The molecule has 0 saturated heterocycles. The smallest absolute Gasteiger partial charge is 0.241 e. The third-order valence-corrected chi connectivity index (χ3v) is 6.53. The van der Waals surface area contributed by atoms with Gasteiger partial charge in [-0.05, 0) is 17.8 Å². The number of ether oxygens (including phenoxy) is 1. The summed E-state index contributed by atoms with van der Waals surface area (Å²) in [6, 6.07) is 0.199. The first kappa shape index (κ1) is 15.8. The molecule has 2 unspecified atom stereocenters. The molecule has 0 aromatic rings. The van der Waals surface area contributed by atoms with Crippen molar-refractivity contribution in [3.8, 4) is 0 Å². The fourth-order valence-electron chi connectivity index (χ4n) is 3.64. The second-order valence-corrected chi connectivity index (χ2v) is 8.19. The fraction of sp³-hybridized carbons (Fsp3) is 0.938. The van der Waals surface area contributed by atoms with Crippen LogP contribution in [0.3, 0.4) is 0 Å². The van der Waals surface area contributed by atoms with Gasteiger partial charge in [0.1, 0.15) is 5.54 Å². The number of rotatable bonds is 4. The molecule has 2 atom stereocenters. The summed E-state index contributed by atoms with van der Waals surface area (Å²) >= 11 is 0. The number of carbonyl (C=O) groups is 1. The Kier molecular flexibility index (Phi) is 3.31. The molecule has 3 N–H and O–H groups in total. The summed E-state index contributed by atoms with van der Waals surface area (Å²) < 4.78 is 5.68. The summed E-state index contributed by atoms with van der Waals surface area (Å²) in [4.78, 5) is 12.6. The monoisotopic (exact) mass is 282 g/mol. The Morgan fingerprint density at radius 1 is 1.15 bits per heavy atom. The summed E-state index contributed by atoms with van der Waals surface area (Å²) in [5.41, 5.74) is 5.53. The standard InChI is InChI=1S/C16H30N2O2/c1-8-20-10-9-16(17,13(10,2)3)12(19)18-11-14(4,5)15(11,6)7/h10-11H,8-9,17H2,1-7H3,(H,18,19). The van der Waals surface area contributed by atoms with Gasteiger partial charge < -0.3 is 15.8 Å². The van der Waals surface area contributed by atoms with Crippen molar-refractivity contribution in [2.75, 3.05) is 6.61 Å². The van der Waals surface area contributed by atoms with Crippen LogP contribution in [0.15, 0.2) is 0 Å². The lowest BCUT2D eigenvalue weighted by molar-refractivity contribution is -0.171. The van der Waals surface area contributed by atoms with Gasteiger partial charge in [0.05, 0.1) is 6.10 Å². The molecule has 2 rings (SSSR count). The minimum Gasteiger partial charge on any atom is -0.378 e. The predicted molar refractivity (Wildman–Crippen MR) is 80.2 cm³/mol. The Labute approximate surface area is 122 Å². The maximum Gasteiger partial charge on any atom is 0.241 e. The summed E-state index contributed by atoms with van der Waals surface area (Å²) in [5, 5.41) is 3.18. The molecule has 2 saturated carbocycles. The van der Waals surface area contributed by atoms with Crippen molar-refractivity contribution in [2.24, 2.45) is 22.0 Å². The molecule has 4 nitrogen and oxygen atoms in total. The summed E-state index contributed by atoms with van der Waals surface area (Å²) in [6.07, 6.45) is 0.677. The number of carbonyl (C=O) groups excluding carboxylic acids is 1. The lowest BCUT2D eigenvalue weighted by Crippen LogP contribution is -2.76. The molecule has 0 aliphatic heterocycles. The molecule has 4 heteroatoms. The Balaban J connectivity index is 2.05.